The number of esters is 1. The van der Waals surface area contributed by atoms with E-state index in [1.54, 1.807) is 22.0 Å². The minimum atomic E-state index is -1.17. The van der Waals surface area contributed by atoms with Crippen LogP contribution < -0.4 is 0 Å². The fraction of sp³-hybridized carbons (Fsp3) is 0.759. The van der Waals surface area contributed by atoms with Crippen molar-refractivity contribution in [2.45, 2.75) is 101 Å². The fourth-order valence-electron chi connectivity index (χ4n) is 6.68. The van der Waals surface area contributed by atoms with E-state index >= 15 is 0 Å². The van der Waals surface area contributed by atoms with Crippen LogP contribution in [0.25, 0.3) is 0 Å². The first-order valence-electron chi connectivity index (χ1n) is 14.0. The molecule has 3 saturated heterocycles. The smallest absolute Gasteiger partial charge is 0.312 e. The van der Waals surface area contributed by atoms with Gasteiger partial charge < -0.3 is 24.4 Å². The molecule has 0 radical (unpaired) electrons. The van der Waals surface area contributed by atoms with Crippen molar-refractivity contribution in [3.8, 4) is 0 Å². The number of rotatable bonds is 15. The molecular weight excluding hydrogens is 552 g/mol. The number of carbonyl (C=O) groups is 3. The standard InChI is InChI=1S/C29H45BrN2O6/c1-7-10-11-14-37-28(36)22-23-26(34)32(20(17-33)15-18(4)5)25(29(23)16-21(30)24(22)38-29)27(35)31(13-9-3)19(6)12-8-2/h7,9,18-25,33H,1,3,8,10-17H2,2,4-6H3/t19?,20-,21?,22-,23+,24-,25?,29?/m1/s1. The minimum Gasteiger partial charge on any atom is -0.465 e. The van der Waals surface area contributed by atoms with Gasteiger partial charge in [0, 0.05) is 17.4 Å². The highest BCUT2D eigenvalue weighted by atomic mass is 79.9. The lowest BCUT2D eigenvalue weighted by Gasteiger charge is -2.41. The zero-order valence-corrected chi connectivity index (χ0v) is 24.9. The van der Waals surface area contributed by atoms with Crippen molar-refractivity contribution in [3.63, 3.8) is 0 Å². The zero-order chi connectivity index (χ0) is 28.2. The molecule has 8 nitrogen and oxygen atoms in total. The number of alkyl halides is 1. The number of unbranched alkanes of at least 4 members (excludes halogenated alkanes) is 1. The highest BCUT2D eigenvalue weighted by Gasteiger charge is 2.77. The van der Waals surface area contributed by atoms with Crippen molar-refractivity contribution < 1.29 is 29.0 Å². The van der Waals surface area contributed by atoms with Crippen LogP contribution in [0.3, 0.4) is 0 Å². The summed E-state index contributed by atoms with van der Waals surface area (Å²) in [5.41, 5.74) is -1.17. The molecule has 3 rings (SSSR count). The van der Waals surface area contributed by atoms with Crippen LogP contribution in [0.5, 0.6) is 0 Å². The normalized spacial score (nSPS) is 31.3. The summed E-state index contributed by atoms with van der Waals surface area (Å²) >= 11 is 3.69. The molecule has 1 N–H and O–H groups in total. The lowest BCUT2D eigenvalue weighted by Crippen LogP contribution is -2.60. The zero-order valence-electron chi connectivity index (χ0n) is 23.3. The van der Waals surface area contributed by atoms with E-state index in [0.29, 0.717) is 25.8 Å². The van der Waals surface area contributed by atoms with Gasteiger partial charge in [0.2, 0.25) is 11.8 Å². The summed E-state index contributed by atoms with van der Waals surface area (Å²) in [5, 5.41) is 10.4. The summed E-state index contributed by atoms with van der Waals surface area (Å²) in [5.74, 6) is -2.46. The Kier molecular flexibility index (Phi) is 10.6. The van der Waals surface area contributed by atoms with E-state index in [0.717, 1.165) is 19.3 Å². The van der Waals surface area contributed by atoms with E-state index < -0.39 is 41.6 Å². The number of hydrogen-bond donors (Lipinski definition) is 1. The maximum absolute atomic E-state index is 14.4. The van der Waals surface area contributed by atoms with Gasteiger partial charge in [-0.3, -0.25) is 14.4 Å². The first kappa shape index (κ1) is 30.8. The molecule has 1 spiro atoms. The van der Waals surface area contributed by atoms with Gasteiger partial charge in [-0.2, -0.15) is 0 Å². The second kappa shape index (κ2) is 13.1. The molecule has 0 aromatic heterocycles. The van der Waals surface area contributed by atoms with Crippen LogP contribution in [0.15, 0.2) is 25.3 Å². The van der Waals surface area contributed by atoms with Crippen LogP contribution in [0, 0.1) is 17.8 Å². The Morgan fingerprint density at radius 2 is 2.03 bits per heavy atom. The number of carbonyl (C=O) groups excluding carboxylic acids is 3. The number of aliphatic hydroxyl groups excluding tert-OH is 1. The molecule has 3 fully saturated rings. The first-order chi connectivity index (χ1) is 18.1. The van der Waals surface area contributed by atoms with Crippen LogP contribution in [0.4, 0.5) is 0 Å². The molecule has 8 atom stereocenters. The molecule has 38 heavy (non-hydrogen) atoms. The van der Waals surface area contributed by atoms with Crippen LogP contribution in [0.1, 0.15) is 66.2 Å². The Morgan fingerprint density at radius 1 is 1.32 bits per heavy atom. The topological polar surface area (TPSA) is 96.4 Å². The van der Waals surface area contributed by atoms with E-state index in [1.807, 2.05) is 20.8 Å². The average molecular weight is 598 g/mol. The summed E-state index contributed by atoms with van der Waals surface area (Å²) in [4.78, 5) is 45.2. The number of amides is 2. The molecule has 3 aliphatic heterocycles. The summed E-state index contributed by atoms with van der Waals surface area (Å²) in [7, 11) is 0. The predicted octanol–water partition coefficient (Wildman–Crippen LogP) is 3.85. The minimum absolute atomic E-state index is 0.0698. The second-order valence-electron chi connectivity index (χ2n) is 11.4. The predicted molar refractivity (Wildman–Crippen MR) is 150 cm³/mol. The van der Waals surface area contributed by atoms with Gasteiger partial charge in [-0.1, -0.05) is 55.3 Å². The van der Waals surface area contributed by atoms with Gasteiger partial charge in [0.25, 0.3) is 0 Å². The molecule has 0 saturated carbocycles. The number of aliphatic hydroxyl groups is 1. The average Bonchev–Trinajstić information content (AvgIpc) is 3.46. The molecule has 214 valence electrons. The number of allylic oxidation sites excluding steroid dienone is 1. The van der Waals surface area contributed by atoms with Gasteiger partial charge in [-0.25, -0.2) is 0 Å². The molecule has 0 aliphatic carbocycles. The molecule has 9 heteroatoms. The number of nitrogens with zero attached hydrogens (tertiary/aromatic N) is 2. The summed E-state index contributed by atoms with van der Waals surface area (Å²) in [6.45, 7) is 16.0. The Bertz CT molecular complexity index is 896. The van der Waals surface area contributed by atoms with Crippen molar-refractivity contribution in [2.75, 3.05) is 19.8 Å². The largest absolute Gasteiger partial charge is 0.465 e. The third-order valence-electron chi connectivity index (χ3n) is 8.23. The van der Waals surface area contributed by atoms with Crippen molar-refractivity contribution in [1.29, 1.82) is 0 Å². The highest BCUT2D eigenvalue weighted by molar-refractivity contribution is 9.09. The van der Waals surface area contributed by atoms with Crippen LogP contribution >= 0.6 is 15.9 Å². The molecule has 4 unspecified atom stereocenters. The maximum Gasteiger partial charge on any atom is 0.312 e. The fourth-order valence-corrected chi connectivity index (χ4v) is 7.63. The van der Waals surface area contributed by atoms with Crippen LogP contribution in [0.2, 0.25) is 0 Å². The lowest BCUT2D eigenvalue weighted by molar-refractivity contribution is -0.157. The van der Waals surface area contributed by atoms with Gasteiger partial charge >= 0.3 is 5.97 Å². The monoisotopic (exact) mass is 596 g/mol. The van der Waals surface area contributed by atoms with Crippen molar-refractivity contribution >= 4 is 33.7 Å². The number of likely N-dealkylation sites (tertiary alicyclic amines) is 1. The van der Waals surface area contributed by atoms with Crippen molar-refractivity contribution in [1.82, 2.24) is 9.80 Å². The summed E-state index contributed by atoms with van der Waals surface area (Å²) in [6.07, 6.45) is 6.92. The second-order valence-corrected chi connectivity index (χ2v) is 12.6. The summed E-state index contributed by atoms with van der Waals surface area (Å²) < 4.78 is 12.2. The number of halogens is 1. The Morgan fingerprint density at radius 3 is 2.61 bits per heavy atom. The SMILES string of the molecule is C=CCCCOC(=O)[C@H]1[C@@H]2OC3(CC2Br)C(C(=O)N(CC=C)C(C)CCC)N([C@@H](CO)CC(C)C)C(=O)[C@H]13. The van der Waals surface area contributed by atoms with E-state index in [1.165, 1.54) is 0 Å². The molecule has 0 aromatic rings. The van der Waals surface area contributed by atoms with E-state index in [9.17, 15) is 19.5 Å². The number of hydrogen-bond acceptors (Lipinski definition) is 6. The van der Waals surface area contributed by atoms with E-state index in [2.05, 4.69) is 36.0 Å². The Hall–Kier alpha value is -1.71. The van der Waals surface area contributed by atoms with Gasteiger partial charge in [-0.15, -0.1) is 13.2 Å². The quantitative estimate of drug-likeness (QED) is 0.133. The lowest BCUT2D eigenvalue weighted by atomic mass is 9.70. The number of ether oxygens (including phenoxy) is 2. The third-order valence-corrected chi connectivity index (χ3v) is 9.07. The van der Waals surface area contributed by atoms with Gasteiger partial charge in [0.1, 0.15) is 11.6 Å². The molecular formula is C29H45BrN2O6. The maximum atomic E-state index is 14.4. The van der Waals surface area contributed by atoms with Gasteiger partial charge in [0.15, 0.2) is 0 Å². The van der Waals surface area contributed by atoms with E-state index in [4.69, 9.17) is 9.47 Å². The Balaban J connectivity index is 2.06. The van der Waals surface area contributed by atoms with E-state index in [-0.39, 0.29) is 41.8 Å². The molecule has 3 heterocycles. The first-order valence-corrected chi connectivity index (χ1v) is 14.9. The Labute approximate surface area is 235 Å². The molecule has 2 bridgehead atoms. The van der Waals surface area contributed by atoms with Crippen molar-refractivity contribution in [3.05, 3.63) is 25.3 Å². The number of fused-ring (bicyclic) bond motifs is 1. The van der Waals surface area contributed by atoms with Crippen LogP contribution in [-0.4, -0.2) is 87.1 Å². The van der Waals surface area contributed by atoms with Gasteiger partial charge in [-0.05, 0) is 44.9 Å². The molecule has 2 amide bonds. The third kappa shape index (κ3) is 5.61. The van der Waals surface area contributed by atoms with Crippen molar-refractivity contribution in [2.24, 2.45) is 17.8 Å². The highest BCUT2D eigenvalue weighted by Crippen LogP contribution is 2.61. The molecule has 0 aromatic carbocycles. The van der Waals surface area contributed by atoms with Gasteiger partial charge in [0.05, 0.1) is 37.2 Å². The molecule has 3 aliphatic rings. The van der Waals surface area contributed by atoms with Crippen LogP contribution in [-0.2, 0) is 23.9 Å². The summed E-state index contributed by atoms with van der Waals surface area (Å²) in [6, 6.07) is -1.58.